The fourth-order valence-corrected chi connectivity index (χ4v) is 1.81. The Morgan fingerprint density at radius 1 is 1.14 bits per heavy atom. The van der Waals surface area contributed by atoms with Gasteiger partial charge in [-0.15, -0.1) is 0 Å². The van der Waals surface area contributed by atoms with Crippen molar-refractivity contribution < 1.29 is 5.11 Å². The quantitative estimate of drug-likeness (QED) is 0.622. The maximum atomic E-state index is 9.33. The van der Waals surface area contributed by atoms with Gasteiger partial charge in [-0.1, -0.05) is 20.8 Å². The summed E-state index contributed by atoms with van der Waals surface area (Å²) >= 11 is 0. The predicted molar refractivity (Wildman–Crippen MR) is 61.3 cm³/mol. The summed E-state index contributed by atoms with van der Waals surface area (Å²) in [6, 6.07) is 0.234. The van der Waals surface area contributed by atoms with Gasteiger partial charge in [0, 0.05) is 12.1 Å². The van der Waals surface area contributed by atoms with Gasteiger partial charge < -0.3 is 10.8 Å². The van der Waals surface area contributed by atoms with Crippen LogP contribution >= 0.6 is 0 Å². The standard InChI is InChI=1S/C11H26N2O/c1-4-7-13(8-5-2)11(9-14)10(12)6-3/h10-11,14H,4-9,12H2,1-3H3. The number of nitrogens with two attached hydrogens (primary N) is 1. The lowest BCUT2D eigenvalue weighted by Crippen LogP contribution is -2.50. The summed E-state index contributed by atoms with van der Waals surface area (Å²) in [6.07, 6.45) is 3.16. The van der Waals surface area contributed by atoms with Crippen LogP contribution in [0.25, 0.3) is 0 Å². The molecule has 0 radical (unpaired) electrons. The van der Waals surface area contributed by atoms with Crippen molar-refractivity contribution in [3.8, 4) is 0 Å². The Labute approximate surface area is 88.3 Å². The molecule has 3 heteroatoms. The molecule has 3 N–H and O–H groups in total. The molecule has 0 aromatic carbocycles. The summed E-state index contributed by atoms with van der Waals surface area (Å²) < 4.78 is 0. The highest BCUT2D eigenvalue weighted by atomic mass is 16.3. The Morgan fingerprint density at radius 2 is 1.64 bits per heavy atom. The molecular formula is C11H26N2O. The Hall–Kier alpha value is -0.120. The van der Waals surface area contributed by atoms with Crippen LogP contribution in [-0.2, 0) is 0 Å². The van der Waals surface area contributed by atoms with Gasteiger partial charge in [0.05, 0.1) is 6.61 Å². The summed E-state index contributed by atoms with van der Waals surface area (Å²) in [5.74, 6) is 0. The Bertz CT molecular complexity index is 124. The van der Waals surface area contributed by atoms with E-state index in [1.165, 1.54) is 0 Å². The van der Waals surface area contributed by atoms with E-state index >= 15 is 0 Å². The van der Waals surface area contributed by atoms with E-state index in [1.807, 2.05) is 0 Å². The molecule has 0 aliphatic rings. The average Bonchev–Trinajstić information content (AvgIpc) is 2.19. The predicted octanol–water partition coefficient (Wildman–Crippen LogP) is 1.21. The van der Waals surface area contributed by atoms with E-state index in [9.17, 15) is 5.11 Å². The van der Waals surface area contributed by atoms with Gasteiger partial charge in [0.15, 0.2) is 0 Å². The summed E-state index contributed by atoms with van der Waals surface area (Å²) in [6.45, 7) is 8.64. The van der Waals surface area contributed by atoms with Crippen LogP contribution in [0.3, 0.4) is 0 Å². The molecule has 0 aliphatic heterocycles. The molecule has 0 fully saturated rings. The van der Waals surface area contributed by atoms with Gasteiger partial charge in [-0.05, 0) is 32.4 Å². The Morgan fingerprint density at radius 3 is 1.93 bits per heavy atom. The first-order valence-corrected chi connectivity index (χ1v) is 5.81. The normalized spacial score (nSPS) is 15.9. The zero-order valence-corrected chi connectivity index (χ0v) is 9.87. The van der Waals surface area contributed by atoms with Crippen molar-refractivity contribution in [1.29, 1.82) is 0 Å². The smallest absolute Gasteiger partial charge is 0.0601 e. The first-order valence-electron chi connectivity index (χ1n) is 5.81. The minimum absolute atomic E-state index is 0.0955. The molecule has 0 rings (SSSR count). The van der Waals surface area contributed by atoms with E-state index < -0.39 is 0 Å². The van der Waals surface area contributed by atoms with Gasteiger partial charge in [0.1, 0.15) is 0 Å². The second kappa shape index (κ2) is 8.21. The topological polar surface area (TPSA) is 49.5 Å². The molecule has 0 bridgehead atoms. The summed E-state index contributed by atoms with van der Waals surface area (Å²) in [4.78, 5) is 2.31. The van der Waals surface area contributed by atoms with Crippen molar-refractivity contribution in [1.82, 2.24) is 4.90 Å². The second-order valence-corrected chi connectivity index (χ2v) is 3.86. The molecule has 14 heavy (non-hydrogen) atoms. The third-order valence-corrected chi connectivity index (χ3v) is 2.64. The zero-order valence-electron chi connectivity index (χ0n) is 9.87. The molecule has 3 nitrogen and oxygen atoms in total. The number of rotatable bonds is 8. The highest BCUT2D eigenvalue weighted by Gasteiger charge is 2.21. The van der Waals surface area contributed by atoms with E-state index in [4.69, 9.17) is 5.73 Å². The fraction of sp³-hybridized carbons (Fsp3) is 1.00. The number of nitrogens with zero attached hydrogens (tertiary/aromatic N) is 1. The molecule has 0 aromatic rings. The molecule has 2 unspecified atom stereocenters. The largest absolute Gasteiger partial charge is 0.395 e. The van der Waals surface area contributed by atoms with E-state index in [0.29, 0.717) is 0 Å². The van der Waals surface area contributed by atoms with E-state index in [0.717, 1.165) is 32.4 Å². The van der Waals surface area contributed by atoms with Crippen LogP contribution in [0.5, 0.6) is 0 Å². The van der Waals surface area contributed by atoms with E-state index in [1.54, 1.807) is 0 Å². The highest BCUT2D eigenvalue weighted by molar-refractivity contribution is 4.80. The van der Waals surface area contributed by atoms with Gasteiger partial charge in [-0.3, -0.25) is 4.90 Å². The average molecular weight is 202 g/mol. The van der Waals surface area contributed by atoms with Crippen molar-refractivity contribution in [2.75, 3.05) is 19.7 Å². The van der Waals surface area contributed by atoms with Crippen molar-refractivity contribution in [2.45, 2.75) is 52.1 Å². The minimum atomic E-state index is 0.0955. The first kappa shape index (κ1) is 13.9. The third-order valence-electron chi connectivity index (χ3n) is 2.64. The second-order valence-electron chi connectivity index (χ2n) is 3.86. The molecule has 0 aliphatic carbocycles. The number of hydrogen-bond acceptors (Lipinski definition) is 3. The SMILES string of the molecule is CCCN(CCC)C(CO)C(N)CC. The van der Waals surface area contributed by atoms with Gasteiger partial charge in [0.2, 0.25) is 0 Å². The molecule has 0 aromatic heterocycles. The van der Waals surface area contributed by atoms with Crippen LogP contribution < -0.4 is 5.73 Å². The molecule has 0 spiro atoms. The summed E-state index contributed by atoms with van der Waals surface area (Å²) in [5, 5.41) is 9.33. The molecule has 0 saturated heterocycles. The maximum absolute atomic E-state index is 9.33. The Balaban J connectivity index is 4.24. The fourth-order valence-electron chi connectivity index (χ4n) is 1.81. The maximum Gasteiger partial charge on any atom is 0.0601 e. The van der Waals surface area contributed by atoms with Crippen LogP contribution in [0.15, 0.2) is 0 Å². The minimum Gasteiger partial charge on any atom is -0.395 e. The molecule has 0 heterocycles. The zero-order chi connectivity index (χ0) is 11.0. The summed E-state index contributed by atoms with van der Waals surface area (Å²) in [5.41, 5.74) is 5.99. The Kier molecular flexibility index (Phi) is 8.14. The third kappa shape index (κ3) is 4.40. The van der Waals surface area contributed by atoms with Crippen molar-refractivity contribution >= 4 is 0 Å². The van der Waals surface area contributed by atoms with Crippen molar-refractivity contribution in [3.05, 3.63) is 0 Å². The van der Waals surface area contributed by atoms with Gasteiger partial charge in [-0.25, -0.2) is 0 Å². The van der Waals surface area contributed by atoms with Crippen molar-refractivity contribution in [3.63, 3.8) is 0 Å². The van der Waals surface area contributed by atoms with Gasteiger partial charge in [0.25, 0.3) is 0 Å². The molecule has 0 amide bonds. The van der Waals surface area contributed by atoms with Gasteiger partial charge in [-0.2, -0.15) is 0 Å². The lowest BCUT2D eigenvalue weighted by molar-refractivity contribution is 0.102. The lowest BCUT2D eigenvalue weighted by atomic mass is 10.1. The van der Waals surface area contributed by atoms with Gasteiger partial charge >= 0.3 is 0 Å². The molecular weight excluding hydrogens is 176 g/mol. The number of aliphatic hydroxyl groups is 1. The highest BCUT2D eigenvalue weighted by Crippen LogP contribution is 2.07. The molecule has 0 saturated carbocycles. The van der Waals surface area contributed by atoms with Crippen LogP contribution in [0.4, 0.5) is 0 Å². The van der Waals surface area contributed by atoms with Crippen molar-refractivity contribution in [2.24, 2.45) is 5.73 Å². The first-order chi connectivity index (χ1) is 6.71. The van der Waals surface area contributed by atoms with Crippen LogP contribution in [0.2, 0.25) is 0 Å². The molecule has 86 valence electrons. The van der Waals surface area contributed by atoms with Crippen LogP contribution in [0, 0.1) is 0 Å². The molecule has 2 atom stereocenters. The van der Waals surface area contributed by atoms with Crippen LogP contribution in [0.1, 0.15) is 40.0 Å². The summed E-state index contributed by atoms with van der Waals surface area (Å²) in [7, 11) is 0. The number of aliphatic hydroxyl groups excluding tert-OH is 1. The monoisotopic (exact) mass is 202 g/mol. The van der Waals surface area contributed by atoms with E-state index in [-0.39, 0.29) is 18.7 Å². The number of hydrogen-bond donors (Lipinski definition) is 2. The van der Waals surface area contributed by atoms with E-state index in [2.05, 4.69) is 25.7 Å². The van der Waals surface area contributed by atoms with Crippen LogP contribution in [-0.4, -0.2) is 41.8 Å². The lowest BCUT2D eigenvalue weighted by Gasteiger charge is -2.33.